The van der Waals surface area contributed by atoms with E-state index in [0.29, 0.717) is 6.54 Å². The van der Waals surface area contributed by atoms with Crippen molar-refractivity contribution in [2.24, 2.45) is 0 Å². The van der Waals surface area contributed by atoms with Crippen molar-refractivity contribution in [3.8, 4) is 0 Å². The van der Waals surface area contributed by atoms with Gasteiger partial charge in [0.2, 0.25) is 0 Å². The van der Waals surface area contributed by atoms with E-state index in [1.54, 1.807) is 0 Å². The summed E-state index contributed by atoms with van der Waals surface area (Å²) in [5, 5.41) is 12.4. The molecule has 0 radical (unpaired) electrons. The van der Waals surface area contributed by atoms with E-state index >= 15 is 0 Å². The van der Waals surface area contributed by atoms with Gasteiger partial charge in [-0.2, -0.15) is 0 Å². The van der Waals surface area contributed by atoms with Crippen LogP contribution in [0.3, 0.4) is 0 Å². The molecule has 0 unspecified atom stereocenters. The first kappa shape index (κ1) is 15.7. The Hall–Kier alpha value is -1.86. The van der Waals surface area contributed by atoms with Crippen molar-refractivity contribution in [1.82, 2.24) is 25.1 Å². The molecule has 0 N–H and O–H groups in total. The zero-order chi connectivity index (χ0) is 16.4. The first-order valence-corrected chi connectivity index (χ1v) is 8.68. The van der Waals surface area contributed by atoms with Gasteiger partial charge >= 0.3 is 0 Å². The highest BCUT2D eigenvalue weighted by Crippen LogP contribution is 2.30. The molecule has 1 aromatic heterocycles. The molecule has 2 aliphatic rings. The number of halogens is 1. The Morgan fingerprint density at radius 3 is 2.67 bits per heavy atom. The lowest BCUT2D eigenvalue weighted by Gasteiger charge is -2.27. The van der Waals surface area contributed by atoms with E-state index in [0.717, 1.165) is 43.9 Å². The molecule has 0 bridgehead atoms. The second-order valence-electron chi connectivity index (χ2n) is 6.55. The number of ether oxygens (including phenoxy) is 1. The Labute approximate surface area is 140 Å². The van der Waals surface area contributed by atoms with Crippen LogP contribution < -0.4 is 0 Å². The fourth-order valence-corrected chi connectivity index (χ4v) is 3.69. The Morgan fingerprint density at radius 1 is 1.17 bits per heavy atom. The fourth-order valence-electron chi connectivity index (χ4n) is 3.69. The van der Waals surface area contributed by atoms with Gasteiger partial charge in [0.05, 0.1) is 18.7 Å². The summed E-state index contributed by atoms with van der Waals surface area (Å²) in [6.45, 7) is 3.51. The molecule has 2 aliphatic heterocycles. The Bertz CT molecular complexity index is 662. The lowest BCUT2D eigenvalue weighted by molar-refractivity contribution is 0.0913. The molecule has 0 saturated carbocycles. The molecule has 2 atom stereocenters. The molecule has 3 heterocycles. The van der Waals surface area contributed by atoms with Crippen LogP contribution in [0.2, 0.25) is 0 Å². The second-order valence-corrected chi connectivity index (χ2v) is 6.55. The first-order chi connectivity index (χ1) is 11.8. The van der Waals surface area contributed by atoms with Crippen molar-refractivity contribution < 1.29 is 9.13 Å². The highest BCUT2D eigenvalue weighted by atomic mass is 19.1. The molecule has 2 aromatic rings. The van der Waals surface area contributed by atoms with Crippen LogP contribution in [0, 0.1) is 5.82 Å². The maximum absolute atomic E-state index is 13.3. The molecule has 4 rings (SSSR count). The van der Waals surface area contributed by atoms with E-state index in [-0.39, 0.29) is 18.0 Å². The molecule has 0 amide bonds. The first-order valence-electron chi connectivity index (χ1n) is 8.68. The summed E-state index contributed by atoms with van der Waals surface area (Å²) >= 11 is 0. The zero-order valence-electron chi connectivity index (χ0n) is 13.6. The number of hydrogen-bond acceptors (Lipinski definition) is 5. The lowest BCUT2D eigenvalue weighted by Crippen LogP contribution is -2.30. The second kappa shape index (κ2) is 6.94. The summed E-state index contributed by atoms with van der Waals surface area (Å²) in [6.07, 6.45) is 4.66. The zero-order valence-corrected chi connectivity index (χ0v) is 13.6. The molecule has 0 spiro atoms. The minimum Gasteiger partial charge on any atom is -0.376 e. The van der Waals surface area contributed by atoms with Gasteiger partial charge in [-0.05, 0) is 66.9 Å². The van der Waals surface area contributed by atoms with E-state index in [4.69, 9.17) is 4.74 Å². The molecule has 0 aliphatic carbocycles. The van der Waals surface area contributed by atoms with Crippen LogP contribution in [0.1, 0.15) is 43.1 Å². The van der Waals surface area contributed by atoms with Crippen LogP contribution in [-0.2, 0) is 11.3 Å². The summed E-state index contributed by atoms with van der Waals surface area (Å²) in [7, 11) is 0. The number of nitrogens with zero attached hydrogens (tertiary/aromatic N) is 5. The van der Waals surface area contributed by atoms with Crippen LogP contribution >= 0.6 is 0 Å². The van der Waals surface area contributed by atoms with E-state index in [1.165, 1.54) is 25.0 Å². The van der Waals surface area contributed by atoms with Gasteiger partial charge in [-0.25, -0.2) is 9.07 Å². The van der Waals surface area contributed by atoms with Gasteiger partial charge in [-0.3, -0.25) is 4.90 Å². The SMILES string of the molecule is Fc1ccc([C@H](c2nnnn2C[C@@H]2CCCO2)N2CCCC2)cc1. The minimum absolute atomic E-state index is 0.0375. The molecule has 7 heteroatoms. The predicted molar refractivity (Wildman–Crippen MR) is 85.8 cm³/mol. The van der Waals surface area contributed by atoms with Crippen molar-refractivity contribution in [3.05, 3.63) is 41.5 Å². The maximum atomic E-state index is 13.3. The van der Waals surface area contributed by atoms with Gasteiger partial charge in [0.1, 0.15) is 5.82 Å². The quantitative estimate of drug-likeness (QED) is 0.840. The molecule has 6 nitrogen and oxygen atoms in total. The van der Waals surface area contributed by atoms with Crippen LogP contribution in [-0.4, -0.2) is 50.9 Å². The Kier molecular flexibility index (Phi) is 4.53. The van der Waals surface area contributed by atoms with Gasteiger partial charge in [-0.1, -0.05) is 12.1 Å². The number of benzene rings is 1. The number of likely N-dealkylation sites (tertiary alicyclic amines) is 1. The van der Waals surface area contributed by atoms with E-state index in [9.17, 15) is 4.39 Å². The third-order valence-corrected chi connectivity index (χ3v) is 4.90. The molecular weight excluding hydrogens is 309 g/mol. The summed E-state index contributed by atoms with van der Waals surface area (Å²) in [4.78, 5) is 2.38. The van der Waals surface area contributed by atoms with Crippen LogP contribution in [0.4, 0.5) is 4.39 Å². The topological polar surface area (TPSA) is 56.1 Å². The third kappa shape index (κ3) is 3.18. The molecule has 2 saturated heterocycles. The van der Waals surface area contributed by atoms with Crippen molar-refractivity contribution in [2.45, 2.75) is 44.4 Å². The normalized spacial score (nSPS) is 23.0. The van der Waals surface area contributed by atoms with Crippen molar-refractivity contribution in [2.75, 3.05) is 19.7 Å². The van der Waals surface area contributed by atoms with Gasteiger partial charge in [-0.15, -0.1) is 5.10 Å². The van der Waals surface area contributed by atoms with Crippen LogP contribution in [0.25, 0.3) is 0 Å². The third-order valence-electron chi connectivity index (χ3n) is 4.90. The van der Waals surface area contributed by atoms with Crippen LogP contribution in [0.5, 0.6) is 0 Å². The summed E-state index contributed by atoms with van der Waals surface area (Å²) in [5.41, 5.74) is 1.03. The number of tetrazole rings is 1. The van der Waals surface area contributed by atoms with Gasteiger partial charge in [0.15, 0.2) is 5.82 Å². The molecule has 2 fully saturated rings. The standard InChI is InChI=1S/C17H22FN5O/c18-14-7-5-13(6-8-14)16(22-9-1-2-10-22)17-19-20-21-23(17)12-15-4-3-11-24-15/h5-8,15-16H,1-4,9-12H2/t15-,16+/m0/s1. The van der Waals surface area contributed by atoms with E-state index < -0.39 is 0 Å². The van der Waals surface area contributed by atoms with Crippen molar-refractivity contribution in [3.63, 3.8) is 0 Å². The number of aromatic nitrogens is 4. The molecule has 1 aromatic carbocycles. The van der Waals surface area contributed by atoms with Crippen molar-refractivity contribution >= 4 is 0 Å². The number of hydrogen-bond donors (Lipinski definition) is 0. The largest absolute Gasteiger partial charge is 0.376 e. The Morgan fingerprint density at radius 2 is 1.96 bits per heavy atom. The predicted octanol–water partition coefficient (Wildman–Crippen LogP) is 2.18. The van der Waals surface area contributed by atoms with Gasteiger partial charge in [0.25, 0.3) is 0 Å². The molecule has 128 valence electrons. The maximum Gasteiger partial charge on any atom is 0.173 e. The van der Waals surface area contributed by atoms with Gasteiger partial charge < -0.3 is 4.74 Å². The van der Waals surface area contributed by atoms with E-state index in [2.05, 4.69) is 20.4 Å². The average molecular weight is 331 g/mol. The smallest absolute Gasteiger partial charge is 0.173 e. The van der Waals surface area contributed by atoms with Crippen LogP contribution in [0.15, 0.2) is 24.3 Å². The van der Waals surface area contributed by atoms with E-state index in [1.807, 2.05) is 16.8 Å². The van der Waals surface area contributed by atoms with Gasteiger partial charge in [0, 0.05) is 6.61 Å². The highest BCUT2D eigenvalue weighted by Gasteiger charge is 2.30. The number of rotatable bonds is 5. The van der Waals surface area contributed by atoms with Crippen molar-refractivity contribution in [1.29, 1.82) is 0 Å². The fraction of sp³-hybridized carbons (Fsp3) is 0.588. The summed E-state index contributed by atoms with van der Waals surface area (Å²) in [6, 6.07) is 6.65. The lowest BCUT2D eigenvalue weighted by atomic mass is 10.0. The Balaban J connectivity index is 1.65. The summed E-state index contributed by atoms with van der Waals surface area (Å²) in [5.74, 6) is 0.594. The summed E-state index contributed by atoms with van der Waals surface area (Å²) < 4.78 is 20.9. The monoisotopic (exact) mass is 331 g/mol. The molecular formula is C17H22FN5O. The average Bonchev–Trinajstić information content (AvgIpc) is 3.34. The minimum atomic E-state index is -0.224. The highest BCUT2D eigenvalue weighted by molar-refractivity contribution is 5.25. The molecule has 24 heavy (non-hydrogen) atoms.